The molecule has 0 saturated carbocycles. The molecular weight excluding hydrogens is 659 g/mol. The molecule has 10 nitrogen and oxygen atoms in total. The van der Waals surface area contributed by atoms with Gasteiger partial charge in [-0.25, -0.2) is 9.37 Å². The Hall–Kier alpha value is -4.32. The zero-order chi connectivity index (χ0) is 36.3. The van der Waals surface area contributed by atoms with Crippen molar-refractivity contribution in [3.8, 4) is 28.3 Å². The second-order valence-corrected chi connectivity index (χ2v) is 13.7. The number of fused-ring (bicyclic) bond motifs is 1. The first-order valence-corrected chi connectivity index (χ1v) is 17.4. The minimum Gasteiger partial charge on any atom is -0.481 e. The van der Waals surface area contributed by atoms with Crippen molar-refractivity contribution < 1.29 is 23.5 Å². The Morgan fingerprint density at radius 2 is 1.96 bits per heavy atom. The number of nitrogens with zero attached hydrogens (tertiary/aromatic N) is 2. The monoisotopic (exact) mass is 704 g/mol. The first-order valence-electron chi connectivity index (χ1n) is 17.0. The van der Waals surface area contributed by atoms with E-state index >= 15 is 4.39 Å². The number of likely N-dealkylation sites (tertiary alicyclic amines) is 1. The van der Waals surface area contributed by atoms with E-state index in [9.17, 15) is 14.4 Å². The highest BCUT2D eigenvalue weighted by Crippen LogP contribution is 2.47. The summed E-state index contributed by atoms with van der Waals surface area (Å²) in [5.74, 6) is -1.26. The van der Waals surface area contributed by atoms with E-state index in [4.69, 9.17) is 27.1 Å². The molecule has 5 N–H and O–H groups in total. The molecule has 0 bridgehead atoms. The van der Waals surface area contributed by atoms with E-state index in [1.54, 1.807) is 38.3 Å². The maximum atomic E-state index is 15.7. The number of aryl methyl sites for hydroxylation is 1. The van der Waals surface area contributed by atoms with Gasteiger partial charge in [0, 0.05) is 61.0 Å². The fraction of sp³-hybridized carbons (Fsp3) is 0.421. The molecule has 266 valence electrons. The van der Waals surface area contributed by atoms with Crippen molar-refractivity contribution in [1.82, 2.24) is 20.5 Å². The second kappa shape index (κ2) is 15.3. The lowest BCUT2D eigenvalue weighted by molar-refractivity contribution is -0.126. The molecule has 5 rings (SSSR count). The van der Waals surface area contributed by atoms with Crippen LogP contribution in [0, 0.1) is 18.7 Å². The van der Waals surface area contributed by atoms with Crippen LogP contribution in [0.1, 0.15) is 62.8 Å². The van der Waals surface area contributed by atoms with Crippen molar-refractivity contribution in [3.63, 3.8) is 0 Å². The van der Waals surface area contributed by atoms with E-state index in [0.29, 0.717) is 34.0 Å². The van der Waals surface area contributed by atoms with Gasteiger partial charge >= 0.3 is 0 Å². The number of rotatable bonds is 11. The highest BCUT2D eigenvalue weighted by molar-refractivity contribution is 6.36. The van der Waals surface area contributed by atoms with Gasteiger partial charge < -0.3 is 26.4 Å². The summed E-state index contributed by atoms with van der Waals surface area (Å²) in [6.07, 6.45) is 4.75. The van der Waals surface area contributed by atoms with Gasteiger partial charge in [-0.2, -0.15) is 0 Å². The van der Waals surface area contributed by atoms with Gasteiger partial charge in [0.25, 0.3) is 11.8 Å². The highest BCUT2D eigenvalue weighted by atomic mass is 35.5. The number of hydrogen-bond donors (Lipinski definition) is 4. The topological polar surface area (TPSA) is 139 Å². The van der Waals surface area contributed by atoms with Crippen LogP contribution >= 0.6 is 11.6 Å². The fourth-order valence-electron chi connectivity index (χ4n) is 7.07. The quantitative estimate of drug-likeness (QED) is 0.114. The molecule has 1 saturated heterocycles. The molecule has 2 unspecified atom stereocenters. The van der Waals surface area contributed by atoms with Crippen LogP contribution < -0.4 is 26.4 Å². The van der Waals surface area contributed by atoms with Crippen LogP contribution in [0.3, 0.4) is 0 Å². The number of nitrogens with one attached hydrogen (secondary N) is 3. The number of benzene rings is 2. The lowest BCUT2D eigenvalue weighted by atomic mass is 9.94. The van der Waals surface area contributed by atoms with Crippen LogP contribution in [-0.2, 0) is 20.8 Å². The largest absolute Gasteiger partial charge is 0.481 e. The van der Waals surface area contributed by atoms with E-state index in [2.05, 4.69) is 27.8 Å². The van der Waals surface area contributed by atoms with Crippen molar-refractivity contribution in [3.05, 3.63) is 75.6 Å². The minimum atomic E-state index is -0.641. The first kappa shape index (κ1) is 36.9. The van der Waals surface area contributed by atoms with Gasteiger partial charge in [0.15, 0.2) is 0 Å². The van der Waals surface area contributed by atoms with Crippen LogP contribution in [0.25, 0.3) is 22.4 Å². The Morgan fingerprint density at radius 3 is 2.62 bits per heavy atom. The van der Waals surface area contributed by atoms with Gasteiger partial charge in [-0.15, -0.1) is 0 Å². The van der Waals surface area contributed by atoms with Crippen LogP contribution in [0.4, 0.5) is 10.1 Å². The summed E-state index contributed by atoms with van der Waals surface area (Å²) < 4.78 is 21.6. The number of pyridine rings is 1. The average Bonchev–Trinajstić information content (AvgIpc) is 3.72. The van der Waals surface area contributed by atoms with Crippen LogP contribution in [-0.4, -0.2) is 66.9 Å². The Labute approximate surface area is 298 Å². The number of methoxy groups -OCH3 is 1. The van der Waals surface area contributed by atoms with Crippen LogP contribution in [0.15, 0.2) is 48.0 Å². The van der Waals surface area contributed by atoms with E-state index < -0.39 is 17.6 Å². The number of carbonyl (C=O) groups excluding carboxylic acids is 3. The molecule has 3 aromatic rings. The van der Waals surface area contributed by atoms with E-state index in [1.165, 1.54) is 19.2 Å². The number of ether oxygens (including phenoxy) is 1. The number of amides is 3. The van der Waals surface area contributed by atoms with Crippen molar-refractivity contribution >= 4 is 35.0 Å². The lowest BCUT2D eigenvalue weighted by Crippen LogP contribution is -2.51. The number of likely N-dealkylation sites (N-methyl/N-ethyl adjacent to an activating group) is 1. The zero-order valence-corrected chi connectivity index (χ0v) is 30.3. The molecule has 1 aliphatic carbocycles. The molecule has 2 heterocycles. The molecule has 1 aliphatic heterocycles. The Morgan fingerprint density at radius 1 is 1.20 bits per heavy atom. The predicted molar refractivity (Wildman–Crippen MR) is 194 cm³/mol. The third-order valence-electron chi connectivity index (χ3n) is 9.99. The molecule has 2 atom stereocenters. The maximum absolute atomic E-state index is 15.7. The van der Waals surface area contributed by atoms with Crippen molar-refractivity contribution in [1.29, 1.82) is 0 Å². The van der Waals surface area contributed by atoms with E-state index in [1.807, 2.05) is 19.9 Å². The Kier molecular flexibility index (Phi) is 11.3. The third kappa shape index (κ3) is 7.12. The molecule has 1 fully saturated rings. The molecule has 2 aromatic carbocycles. The van der Waals surface area contributed by atoms with Gasteiger partial charge in [0.2, 0.25) is 11.8 Å². The molecule has 3 amide bonds. The van der Waals surface area contributed by atoms with Gasteiger partial charge in [-0.3, -0.25) is 19.3 Å². The summed E-state index contributed by atoms with van der Waals surface area (Å²) in [6, 6.07) is 10.2. The normalized spacial score (nSPS) is 19.0. The standard InChI is InChI=1S/C38H46ClFN6O4/c1-7-38(45-34(47)21(2)3)16-18-46(20-38)30-14-11-23-19-29(44-37(50-6)31(23)30)25-12-13-27(40)32(33(25)39)24-9-8-10-28(22(24)4)43-36(49)26(15-17-41)35(48)42-5/h8-10,12-13,15,19,21,30H,7,11,14,16-18,20,41H2,1-6H3,(H,42,48)(H,43,49)(H,45,47)/b26-15+. The third-order valence-corrected chi connectivity index (χ3v) is 10.4. The molecule has 0 spiro atoms. The molecule has 0 radical (unpaired) electrons. The van der Waals surface area contributed by atoms with Crippen LogP contribution in [0.5, 0.6) is 5.88 Å². The number of nitrogens with two attached hydrogens (primary N) is 1. The smallest absolute Gasteiger partial charge is 0.260 e. The number of hydrogen-bond acceptors (Lipinski definition) is 7. The van der Waals surface area contributed by atoms with Crippen molar-refractivity contribution in [2.75, 3.05) is 39.1 Å². The predicted octanol–water partition coefficient (Wildman–Crippen LogP) is 5.71. The summed E-state index contributed by atoms with van der Waals surface area (Å²) in [5.41, 5.74) is 10.0. The summed E-state index contributed by atoms with van der Waals surface area (Å²) in [7, 11) is 3.03. The van der Waals surface area contributed by atoms with Gasteiger partial charge in [-0.05, 0) is 73.6 Å². The van der Waals surface area contributed by atoms with Crippen molar-refractivity contribution in [2.24, 2.45) is 11.7 Å². The average molecular weight is 705 g/mol. The molecule has 12 heteroatoms. The van der Waals surface area contributed by atoms with Gasteiger partial charge in [0.1, 0.15) is 11.4 Å². The number of halogens is 2. The number of carbonyl (C=O) groups is 3. The Bertz CT molecular complexity index is 1850. The fourth-order valence-corrected chi connectivity index (χ4v) is 7.42. The molecular formula is C38H46ClFN6O4. The summed E-state index contributed by atoms with van der Waals surface area (Å²) in [5, 5.41) is 8.69. The Balaban J connectivity index is 1.47. The summed E-state index contributed by atoms with van der Waals surface area (Å²) in [4.78, 5) is 45.3. The minimum absolute atomic E-state index is 0.000868. The lowest BCUT2D eigenvalue weighted by Gasteiger charge is -2.32. The van der Waals surface area contributed by atoms with E-state index in [-0.39, 0.29) is 46.1 Å². The maximum Gasteiger partial charge on any atom is 0.260 e. The summed E-state index contributed by atoms with van der Waals surface area (Å²) >= 11 is 7.03. The summed E-state index contributed by atoms with van der Waals surface area (Å²) in [6.45, 7) is 9.30. The van der Waals surface area contributed by atoms with E-state index in [0.717, 1.165) is 49.9 Å². The molecule has 2 aliphatic rings. The first-order chi connectivity index (χ1) is 23.9. The number of aromatic nitrogens is 1. The second-order valence-electron chi connectivity index (χ2n) is 13.3. The SMILES string of the molecule is CCC1(NC(=O)C(C)C)CCN(C2CCc3cc(-c4ccc(F)c(-c5cccc(NC(=O)/C(=C/CN)C(=O)NC)c5C)c4Cl)nc(OC)c32)C1. The van der Waals surface area contributed by atoms with Gasteiger partial charge in [-0.1, -0.05) is 50.6 Å². The van der Waals surface area contributed by atoms with Crippen molar-refractivity contribution in [2.45, 2.75) is 65.0 Å². The molecule has 50 heavy (non-hydrogen) atoms. The highest BCUT2D eigenvalue weighted by Gasteiger charge is 2.43. The zero-order valence-electron chi connectivity index (χ0n) is 29.5. The van der Waals surface area contributed by atoms with Crippen LogP contribution in [0.2, 0.25) is 5.02 Å². The number of anilines is 1. The van der Waals surface area contributed by atoms with Gasteiger partial charge in [0.05, 0.1) is 23.4 Å². The molecule has 1 aromatic heterocycles.